The van der Waals surface area contributed by atoms with E-state index in [1.807, 2.05) is 65.0 Å². The lowest BCUT2D eigenvalue weighted by molar-refractivity contribution is -0.120. The maximum absolute atomic E-state index is 13.6. The zero-order valence-corrected chi connectivity index (χ0v) is 21.1. The van der Waals surface area contributed by atoms with Crippen molar-refractivity contribution < 1.29 is 17.9 Å². The van der Waals surface area contributed by atoms with E-state index in [4.69, 9.17) is 4.74 Å². The van der Waals surface area contributed by atoms with Crippen LogP contribution in [0.3, 0.4) is 0 Å². The minimum Gasteiger partial charge on any atom is -0.494 e. The van der Waals surface area contributed by atoms with Crippen LogP contribution in [0, 0.1) is 20.8 Å². The predicted molar refractivity (Wildman–Crippen MR) is 136 cm³/mol. The fraction of sp³-hybridized carbons (Fsp3) is 0.296. The fourth-order valence-corrected chi connectivity index (χ4v) is 4.97. The van der Waals surface area contributed by atoms with Gasteiger partial charge in [0.15, 0.2) is 0 Å². The number of rotatable bonds is 9. The maximum Gasteiger partial charge on any atom is 0.264 e. The number of hydrogen-bond donors (Lipinski definition) is 1. The first-order valence-corrected chi connectivity index (χ1v) is 12.7. The Kier molecular flexibility index (Phi) is 7.99. The third kappa shape index (κ3) is 5.97. The molecule has 7 heteroatoms. The highest BCUT2D eigenvalue weighted by atomic mass is 32.2. The number of sulfonamides is 1. The summed E-state index contributed by atoms with van der Waals surface area (Å²) in [6.07, 6.45) is 0. The summed E-state index contributed by atoms with van der Waals surface area (Å²) in [5.74, 6) is 0.366. The minimum atomic E-state index is -3.95. The van der Waals surface area contributed by atoms with Crippen LogP contribution in [0.1, 0.15) is 42.1 Å². The molecule has 1 amide bonds. The smallest absolute Gasteiger partial charge is 0.264 e. The van der Waals surface area contributed by atoms with E-state index in [0.717, 1.165) is 28.0 Å². The summed E-state index contributed by atoms with van der Waals surface area (Å²) in [6, 6.07) is 19.2. The quantitative estimate of drug-likeness (QED) is 0.463. The van der Waals surface area contributed by atoms with Gasteiger partial charge in [-0.25, -0.2) is 8.42 Å². The Morgan fingerprint density at radius 3 is 2.18 bits per heavy atom. The summed E-state index contributed by atoms with van der Waals surface area (Å²) in [4.78, 5) is 13.2. The first-order valence-electron chi connectivity index (χ1n) is 11.3. The molecular weight excluding hydrogens is 448 g/mol. The van der Waals surface area contributed by atoms with Gasteiger partial charge in [0.25, 0.3) is 10.0 Å². The maximum atomic E-state index is 13.6. The lowest BCUT2D eigenvalue weighted by Crippen LogP contribution is -2.41. The fourth-order valence-electron chi connectivity index (χ4n) is 3.55. The van der Waals surface area contributed by atoms with Crippen molar-refractivity contribution in [3.8, 4) is 5.75 Å². The molecule has 0 aromatic heterocycles. The number of nitrogens with zero attached hydrogens (tertiary/aromatic N) is 1. The highest BCUT2D eigenvalue weighted by molar-refractivity contribution is 7.92. The summed E-state index contributed by atoms with van der Waals surface area (Å²) in [5, 5.41) is 2.92. The number of benzene rings is 3. The molecule has 0 radical (unpaired) electrons. The predicted octanol–water partition coefficient (Wildman–Crippen LogP) is 5.08. The van der Waals surface area contributed by atoms with Gasteiger partial charge in [-0.3, -0.25) is 9.10 Å². The van der Waals surface area contributed by atoms with Crippen LogP contribution in [0.5, 0.6) is 5.75 Å². The van der Waals surface area contributed by atoms with Crippen molar-refractivity contribution >= 4 is 21.6 Å². The van der Waals surface area contributed by atoms with E-state index in [0.29, 0.717) is 12.3 Å². The summed E-state index contributed by atoms with van der Waals surface area (Å²) >= 11 is 0. The van der Waals surface area contributed by atoms with E-state index in [9.17, 15) is 13.2 Å². The van der Waals surface area contributed by atoms with Gasteiger partial charge in [0, 0.05) is 0 Å². The molecule has 0 aliphatic rings. The van der Waals surface area contributed by atoms with E-state index >= 15 is 0 Å². The second kappa shape index (κ2) is 10.7. The third-order valence-electron chi connectivity index (χ3n) is 5.74. The van der Waals surface area contributed by atoms with Gasteiger partial charge in [0.1, 0.15) is 12.3 Å². The van der Waals surface area contributed by atoms with E-state index in [2.05, 4.69) is 5.32 Å². The molecule has 3 aromatic rings. The van der Waals surface area contributed by atoms with Crippen molar-refractivity contribution in [3.63, 3.8) is 0 Å². The molecule has 0 spiro atoms. The normalized spacial score (nSPS) is 12.1. The van der Waals surface area contributed by atoms with Crippen molar-refractivity contribution in [2.45, 2.75) is 45.6 Å². The first kappa shape index (κ1) is 25.3. The molecule has 0 bridgehead atoms. The van der Waals surface area contributed by atoms with Crippen molar-refractivity contribution in [2.24, 2.45) is 0 Å². The molecule has 0 aliphatic carbocycles. The average Bonchev–Trinajstić information content (AvgIpc) is 2.80. The van der Waals surface area contributed by atoms with E-state index in [1.165, 1.54) is 4.31 Å². The van der Waals surface area contributed by atoms with Gasteiger partial charge in [0.2, 0.25) is 5.91 Å². The lowest BCUT2D eigenvalue weighted by Gasteiger charge is -2.26. The molecule has 1 atom stereocenters. The molecule has 34 heavy (non-hydrogen) atoms. The molecule has 0 saturated carbocycles. The van der Waals surface area contributed by atoms with Gasteiger partial charge >= 0.3 is 0 Å². The summed E-state index contributed by atoms with van der Waals surface area (Å²) in [5.41, 5.74) is 4.30. The number of carbonyl (C=O) groups is 1. The number of ether oxygens (including phenoxy) is 1. The SMILES string of the molecule is CCOc1ccc([C@H](C)NC(=O)CN(c2ccc(C)c(C)c2)S(=O)(=O)c2ccc(C)cc2)cc1. The van der Waals surface area contributed by atoms with Crippen LogP contribution in [-0.2, 0) is 14.8 Å². The molecule has 6 nitrogen and oxygen atoms in total. The van der Waals surface area contributed by atoms with Crippen LogP contribution >= 0.6 is 0 Å². The Balaban J connectivity index is 1.86. The second-order valence-corrected chi connectivity index (χ2v) is 10.2. The number of hydrogen-bond acceptors (Lipinski definition) is 4. The largest absolute Gasteiger partial charge is 0.494 e. The van der Waals surface area contributed by atoms with Crippen molar-refractivity contribution in [3.05, 3.63) is 89.0 Å². The topological polar surface area (TPSA) is 75.7 Å². The molecule has 180 valence electrons. The highest BCUT2D eigenvalue weighted by Crippen LogP contribution is 2.26. The third-order valence-corrected chi connectivity index (χ3v) is 7.53. The van der Waals surface area contributed by atoms with Gasteiger partial charge in [-0.1, -0.05) is 35.9 Å². The van der Waals surface area contributed by atoms with E-state index in [1.54, 1.807) is 36.4 Å². The van der Waals surface area contributed by atoms with E-state index in [-0.39, 0.29) is 17.5 Å². The van der Waals surface area contributed by atoms with Crippen LogP contribution in [0.4, 0.5) is 5.69 Å². The summed E-state index contributed by atoms with van der Waals surface area (Å²) < 4.78 is 33.8. The standard InChI is InChI=1S/C27H32N2O4S/c1-6-33-25-13-10-23(11-14-25)22(5)28-27(30)18-29(24-12-9-20(3)21(4)17-24)34(31,32)26-15-7-19(2)8-16-26/h7-17,22H,6,18H2,1-5H3,(H,28,30)/t22-/m0/s1. The van der Waals surface area contributed by atoms with Crippen LogP contribution in [0.15, 0.2) is 71.6 Å². The van der Waals surface area contributed by atoms with Gasteiger partial charge in [0.05, 0.1) is 23.2 Å². The number of nitrogens with one attached hydrogen (secondary N) is 1. The molecule has 0 unspecified atom stereocenters. The van der Waals surface area contributed by atoms with Crippen molar-refractivity contribution in [1.29, 1.82) is 0 Å². The highest BCUT2D eigenvalue weighted by Gasteiger charge is 2.28. The number of anilines is 1. The molecule has 1 N–H and O–H groups in total. The Morgan fingerprint density at radius 2 is 1.59 bits per heavy atom. The van der Waals surface area contributed by atoms with Gasteiger partial charge < -0.3 is 10.1 Å². The molecule has 0 saturated heterocycles. The Labute approximate surface area is 202 Å². The first-order chi connectivity index (χ1) is 16.1. The Morgan fingerprint density at radius 1 is 0.941 bits per heavy atom. The van der Waals surface area contributed by atoms with Crippen molar-refractivity contribution in [1.82, 2.24) is 5.32 Å². The number of carbonyl (C=O) groups excluding carboxylic acids is 1. The minimum absolute atomic E-state index is 0.142. The second-order valence-electron chi connectivity index (χ2n) is 8.38. The zero-order chi connectivity index (χ0) is 24.9. The molecule has 0 fully saturated rings. The van der Waals surface area contributed by atoms with Crippen LogP contribution in [0.25, 0.3) is 0 Å². The van der Waals surface area contributed by atoms with Crippen molar-refractivity contribution in [2.75, 3.05) is 17.5 Å². The average molecular weight is 481 g/mol. The number of amides is 1. The molecule has 3 aromatic carbocycles. The van der Waals surface area contributed by atoms with E-state index < -0.39 is 15.9 Å². The molecular formula is C27H32N2O4S. The molecule has 3 rings (SSSR count). The summed E-state index contributed by atoms with van der Waals surface area (Å²) in [6.45, 7) is 9.81. The number of aryl methyl sites for hydroxylation is 3. The lowest BCUT2D eigenvalue weighted by atomic mass is 10.1. The molecule has 0 aliphatic heterocycles. The van der Waals surface area contributed by atoms with Gasteiger partial charge in [-0.2, -0.15) is 0 Å². The Bertz CT molecular complexity index is 1240. The Hall–Kier alpha value is -3.32. The van der Waals surface area contributed by atoms with Crippen LogP contribution in [0.2, 0.25) is 0 Å². The summed E-state index contributed by atoms with van der Waals surface area (Å²) in [7, 11) is -3.95. The van der Waals surface area contributed by atoms with Crippen LogP contribution < -0.4 is 14.4 Å². The van der Waals surface area contributed by atoms with Gasteiger partial charge in [-0.15, -0.1) is 0 Å². The monoisotopic (exact) mass is 480 g/mol. The van der Waals surface area contributed by atoms with Gasteiger partial charge in [-0.05, 0) is 87.7 Å². The zero-order valence-electron chi connectivity index (χ0n) is 20.3. The van der Waals surface area contributed by atoms with Crippen LogP contribution in [-0.4, -0.2) is 27.5 Å². The molecule has 0 heterocycles.